The summed E-state index contributed by atoms with van der Waals surface area (Å²) in [4.78, 5) is 28.3. The summed E-state index contributed by atoms with van der Waals surface area (Å²) in [6.45, 7) is 6.57. The lowest BCUT2D eigenvalue weighted by atomic mass is 10.0. The molecular weight excluding hydrogens is 288 g/mol. The summed E-state index contributed by atoms with van der Waals surface area (Å²) in [6.07, 6.45) is 1.20. The van der Waals surface area contributed by atoms with Gasteiger partial charge >= 0.3 is 6.09 Å². The molecule has 1 saturated heterocycles. The molecule has 4 N–H and O–H groups in total. The number of hydrogen-bond acceptors (Lipinski definition) is 6. The number of nitrogens with one attached hydrogen (secondary N) is 4. The van der Waals surface area contributed by atoms with Gasteiger partial charge in [0.1, 0.15) is 5.60 Å². The molecule has 1 aliphatic rings. The monoisotopic (exact) mass is 316 g/mol. The summed E-state index contributed by atoms with van der Waals surface area (Å²) in [5.74, 6) is -0.188. The van der Waals surface area contributed by atoms with Crippen molar-refractivity contribution in [2.24, 2.45) is 0 Å². The Labute approximate surface area is 131 Å². The van der Waals surface area contributed by atoms with Crippen LogP contribution in [0.4, 0.5) is 4.79 Å². The summed E-state index contributed by atoms with van der Waals surface area (Å²) >= 11 is 0. The zero-order valence-corrected chi connectivity index (χ0v) is 13.8. The number of hydroxylamine groups is 1. The Kier molecular flexibility index (Phi) is 7.57. The van der Waals surface area contributed by atoms with Gasteiger partial charge in [-0.25, -0.2) is 10.3 Å². The van der Waals surface area contributed by atoms with E-state index in [9.17, 15) is 9.59 Å². The van der Waals surface area contributed by atoms with E-state index in [0.29, 0.717) is 6.04 Å². The maximum absolute atomic E-state index is 11.8. The van der Waals surface area contributed by atoms with Crippen molar-refractivity contribution in [3.63, 3.8) is 0 Å². The van der Waals surface area contributed by atoms with Crippen molar-refractivity contribution >= 4 is 12.0 Å². The van der Waals surface area contributed by atoms with Gasteiger partial charge in [-0.3, -0.25) is 9.63 Å². The fourth-order valence-corrected chi connectivity index (χ4v) is 2.04. The van der Waals surface area contributed by atoms with Crippen LogP contribution >= 0.6 is 0 Å². The first-order chi connectivity index (χ1) is 10.3. The molecule has 0 spiro atoms. The highest BCUT2D eigenvalue weighted by Gasteiger charge is 2.24. The largest absolute Gasteiger partial charge is 0.444 e. The number of carbonyl (C=O) groups is 2. The Morgan fingerprint density at radius 1 is 1.27 bits per heavy atom. The van der Waals surface area contributed by atoms with Gasteiger partial charge < -0.3 is 20.7 Å². The van der Waals surface area contributed by atoms with Crippen LogP contribution in [0.25, 0.3) is 0 Å². The molecule has 22 heavy (non-hydrogen) atoms. The lowest BCUT2D eigenvalue weighted by Gasteiger charge is -2.28. The second-order valence-electron chi connectivity index (χ2n) is 6.27. The zero-order chi connectivity index (χ0) is 16.6. The molecule has 0 aromatic heterocycles. The minimum Gasteiger partial charge on any atom is -0.444 e. The Hall–Kier alpha value is -1.38. The van der Waals surface area contributed by atoms with Crippen LogP contribution in [0.1, 0.15) is 33.6 Å². The fourth-order valence-electron chi connectivity index (χ4n) is 2.04. The van der Waals surface area contributed by atoms with Gasteiger partial charge in [0.25, 0.3) is 5.91 Å². The first kappa shape index (κ1) is 18.7. The molecule has 1 heterocycles. The number of likely N-dealkylation sites (N-methyl/N-ethyl adjacent to an activating group) is 1. The molecule has 0 radical (unpaired) electrons. The Bertz CT molecular complexity index is 362. The maximum Gasteiger partial charge on any atom is 0.407 e. The van der Waals surface area contributed by atoms with Gasteiger partial charge in [-0.05, 0) is 40.7 Å². The van der Waals surface area contributed by atoms with Gasteiger partial charge in [-0.15, -0.1) is 0 Å². The molecule has 8 heteroatoms. The molecule has 2 amide bonds. The molecule has 128 valence electrons. The minimum absolute atomic E-state index is 0.177. The Balaban J connectivity index is 2.07. The second kappa shape index (κ2) is 8.92. The van der Waals surface area contributed by atoms with E-state index in [4.69, 9.17) is 9.57 Å². The molecule has 1 fully saturated rings. The van der Waals surface area contributed by atoms with Crippen LogP contribution in [0.3, 0.4) is 0 Å². The summed E-state index contributed by atoms with van der Waals surface area (Å²) in [5.41, 5.74) is 1.86. The van der Waals surface area contributed by atoms with E-state index in [-0.39, 0.29) is 25.1 Å². The van der Waals surface area contributed by atoms with Gasteiger partial charge in [0.15, 0.2) is 0 Å². The topological polar surface area (TPSA) is 101 Å². The molecule has 2 atom stereocenters. The van der Waals surface area contributed by atoms with Crippen LogP contribution in [0.5, 0.6) is 0 Å². The highest BCUT2D eigenvalue weighted by atomic mass is 16.7. The van der Waals surface area contributed by atoms with Crippen LogP contribution < -0.4 is 21.4 Å². The number of ether oxygens (including phenoxy) is 1. The molecule has 0 unspecified atom stereocenters. The number of hydrogen-bond donors (Lipinski definition) is 4. The van der Waals surface area contributed by atoms with Gasteiger partial charge in [0, 0.05) is 19.1 Å². The van der Waals surface area contributed by atoms with Crippen molar-refractivity contribution in [2.45, 2.75) is 51.3 Å². The fraction of sp³-hybridized carbons (Fsp3) is 0.857. The number of alkyl carbamates (subject to hydrolysis) is 1. The van der Waals surface area contributed by atoms with E-state index in [0.717, 1.165) is 19.4 Å². The predicted molar refractivity (Wildman–Crippen MR) is 82.2 cm³/mol. The molecular formula is C14H28N4O4. The average Bonchev–Trinajstić information content (AvgIpc) is 2.45. The molecule has 8 nitrogen and oxygen atoms in total. The molecule has 0 aromatic carbocycles. The van der Waals surface area contributed by atoms with E-state index < -0.39 is 11.7 Å². The normalized spacial score (nSPS) is 22.0. The molecule has 0 saturated carbocycles. The zero-order valence-electron chi connectivity index (χ0n) is 13.8. The SMILES string of the molecule is CN[C@@H]1CC[C@@H](C(=O)NOCCNC(=O)OC(C)(C)C)NC1. The molecule has 0 bridgehead atoms. The van der Waals surface area contributed by atoms with Gasteiger partial charge in [0.05, 0.1) is 12.6 Å². The number of amides is 2. The van der Waals surface area contributed by atoms with Crippen molar-refractivity contribution < 1.29 is 19.2 Å². The average molecular weight is 316 g/mol. The predicted octanol–water partition coefficient (Wildman–Crippen LogP) is -0.101. The highest BCUT2D eigenvalue weighted by Crippen LogP contribution is 2.08. The van der Waals surface area contributed by atoms with Crippen molar-refractivity contribution in [1.29, 1.82) is 0 Å². The van der Waals surface area contributed by atoms with E-state index in [1.54, 1.807) is 20.8 Å². The lowest BCUT2D eigenvalue weighted by molar-refractivity contribution is -0.136. The molecule has 0 aromatic rings. The summed E-state index contributed by atoms with van der Waals surface area (Å²) in [5, 5.41) is 8.88. The van der Waals surface area contributed by atoms with E-state index in [1.165, 1.54) is 0 Å². The highest BCUT2D eigenvalue weighted by molar-refractivity contribution is 5.80. The van der Waals surface area contributed by atoms with Crippen LogP contribution in [-0.2, 0) is 14.4 Å². The van der Waals surface area contributed by atoms with Gasteiger partial charge in [-0.2, -0.15) is 0 Å². The maximum atomic E-state index is 11.8. The second-order valence-corrected chi connectivity index (χ2v) is 6.27. The number of carbonyl (C=O) groups excluding carboxylic acids is 2. The third-order valence-corrected chi connectivity index (χ3v) is 3.18. The first-order valence-electron chi connectivity index (χ1n) is 7.61. The van der Waals surface area contributed by atoms with Gasteiger partial charge in [0.2, 0.25) is 0 Å². The third kappa shape index (κ3) is 7.58. The Morgan fingerprint density at radius 3 is 2.55 bits per heavy atom. The summed E-state index contributed by atoms with van der Waals surface area (Å²) < 4.78 is 5.07. The van der Waals surface area contributed by atoms with Crippen molar-refractivity contribution in [3.8, 4) is 0 Å². The third-order valence-electron chi connectivity index (χ3n) is 3.18. The number of piperidine rings is 1. The quantitative estimate of drug-likeness (QED) is 0.403. The van der Waals surface area contributed by atoms with Crippen molar-refractivity contribution in [1.82, 2.24) is 21.4 Å². The van der Waals surface area contributed by atoms with Crippen molar-refractivity contribution in [2.75, 3.05) is 26.7 Å². The smallest absolute Gasteiger partial charge is 0.407 e. The molecule has 1 rings (SSSR count). The van der Waals surface area contributed by atoms with Crippen LogP contribution in [0, 0.1) is 0 Å². The summed E-state index contributed by atoms with van der Waals surface area (Å²) in [7, 11) is 1.91. The van der Waals surface area contributed by atoms with E-state index in [1.807, 2.05) is 7.05 Å². The molecule has 1 aliphatic heterocycles. The summed E-state index contributed by atoms with van der Waals surface area (Å²) in [6, 6.07) is 0.173. The lowest BCUT2D eigenvalue weighted by Crippen LogP contribution is -2.53. The minimum atomic E-state index is -0.531. The molecule has 0 aliphatic carbocycles. The van der Waals surface area contributed by atoms with Crippen LogP contribution in [-0.4, -0.2) is 56.4 Å². The number of rotatable bonds is 6. The van der Waals surface area contributed by atoms with Crippen molar-refractivity contribution in [3.05, 3.63) is 0 Å². The van der Waals surface area contributed by atoms with Crippen LogP contribution in [0.2, 0.25) is 0 Å². The Morgan fingerprint density at radius 2 is 2.00 bits per heavy atom. The first-order valence-corrected chi connectivity index (χ1v) is 7.61. The van der Waals surface area contributed by atoms with Crippen LogP contribution in [0.15, 0.2) is 0 Å². The van der Waals surface area contributed by atoms with Gasteiger partial charge in [-0.1, -0.05) is 0 Å². The van der Waals surface area contributed by atoms with E-state index in [2.05, 4.69) is 21.4 Å². The standard InChI is InChI=1S/C14H28N4O4/c1-14(2,3)22-13(20)16-7-8-21-18-12(19)11-6-5-10(15-4)9-17-11/h10-11,15,17H,5-9H2,1-4H3,(H,16,20)(H,18,19)/t10-,11+/m1/s1. The van der Waals surface area contributed by atoms with E-state index >= 15 is 0 Å².